The highest BCUT2D eigenvalue weighted by molar-refractivity contribution is 5.33. The molecule has 1 N–H and O–H groups in total. The van der Waals surface area contributed by atoms with Crippen molar-refractivity contribution < 1.29 is 28.4 Å². The predicted octanol–water partition coefficient (Wildman–Crippen LogP) is 1.38. The summed E-state index contributed by atoms with van der Waals surface area (Å²) in [6.07, 6.45) is 0. The predicted molar refractivity (Wildman–Crippen MR) is 71.3 cm³/mol. The van der Waals surface area contributed by atoms with Gasteiger partial charge in [-0.3, -0.25) is 0 Å². The van der Waals surface area contributed by atoms with Crippen LogP contribution < -0.4 is 4.74 Å². The molecule has 0 bridgehead atoms. The summed E-state index contributed by atoms with van der Waals surface area (Å²) in [5.41, 5.74) is 0.424. The zero-order valence-corrected chi connectivity index (χ0v) is 11.6. The number of benzene rings is 1. The Balaban J connectivity index is 2.09. The maximum Gasteiger partial charge on any atom is 0.125 e. The Labute approximate surface area is 118 Å². The maximum absolute atomic E-state index is 12.9. The van der Waals surface area contributed by atoms with E-state index in [-0.39, 0.29) is 6.61 Å². The van der Waals surface area contributed by atoms with Gasteiger partial charge in [0, 0.05) is 12.7 Å². The van der Waals surface area contributed by atoms with Crippen LogP contribution in [0.25, 0.3) is 0 Å². The number of ether oxygens (including phenoxy) is 4. The summed E-state index contributed by atoms with van der Waals surface area (Å²) in [6, 6.07) is 4.04. The standard InChI is InChI=1S/C14H21FO5/c1-17-4-5-18-6-7-19-8-9-20-14-3-2-13(15)10-12(14)11-16/h2-3,10,16H,4-9,11H2,1H3. The molecule has 1 aromatic carbocycles. The highest BCUT2D eigenvalue weighted by Crippen LogP contribution is 2.19. The fourth-order valence-electron chi connectivity index (χ4n) is 1.49. The van der Waals surface area contributed by atoms with Crippen molar-refractivity contribution in [3.63, 3.8) is 0 Å². The molecule has 0 aromatic heterocycles. The van der Waals surface area contributed by atoms with E-state index in [4.69, 9.17) is 24.1 Å². The van der Waals surface area contributed by atoms with Crippen LogP contribution >= 0.6 is 0 Å². The number of hydrogen-bond acceptors (Lipinski definition) is 5. The quantitative estimate of drug-likeness (QED) is 0.623. The van der Waals surface area contributed by atoms with E-state index in [0.29, 0.717) is 51.0 Å². The van der Waals surface area contributed by atoms with Crippen molar-refractivity contribution in [1.29, 1.82) is 0 Å². The third-order valence-corrected chi connectivity index (χ3v) is 2.48. The van der Waals surface area contributed by atoms with Crippen LogP contribution in [-0.4, -0.2) is 51.9 Å². The van der Waals surface area contributed by atoms with E-state index in [2.05, 4.69) is 0 Å². The van der Waals surface area contributed by atoms with E-state index in [9.17, 15) is 4.39 Å². The molecule has 1 aromatic rings. The van der Waals surface area contributed by atoms with Gasteiger partial charge in [-0.2, -0.15) is 0 Å². The Morgan fingerprint density at radius 3 is 2.30 bits per heavy atom. The van der Waals surface area contributed by atoms with Gasteiger partial charge in [0.05, 0.1) is 39.6 Å². The monoisotopic (exact) mass is 288 g/mol. The van der Waals surface area contributed by atoms with E-state index in [1.165, 1.54) is 18.2 Å². The van der Waals surface area contributed by atoms with E-state index in [1.54, 1.807) is 7.11 Å². The lowest BCUT2D eigenvalue weighted by Gasteiger charge is -2.10. The number of methoxy groups -OCH3 is 1. The van der Waals surface area contributed by atoms with Gasteiger partial charge in [-0.25, -0.2) is 4.39 Å². The zero-order chi connectivity index (χ0) is 14.6. The van der Waals surface area contributed by atoms with Gasteiger partial charge in [-0.15, -0.1) is 0 Å². The average Bonchev–Trinajstić information content (AvgIpc) is 2.46. The molecule has 0 unspecified atom stereocenters. The lowest BCUT2D eigenvalue weighted by atomic mass is 10.2. The van der Waals surface area contributed by atoms with Crippen molar-refractivity contribution >= 4 is 0 Å². The van der Waals surface area contributed by atoms with Crippen LogP contribution in [-0.2, 0) is 20.8 Å². The Morgan fingerprint density at radius 1 is 1.00 bits per heavy atom. The third kappa shape index (κ3) is 6.81. The molecule has 0 atom stereocenters. The van der Waals surface area contributed by atoms with Crippen LogP contribution in [0.15, 0.2) is 18.2 Å². The van der Waals surface area contributed by atoms with Crippen molar-refractivity contribution in [2.45, 2.75) is 6.61 Å². The van der Waals surface area contributed by atoms with Crippen molar-refractivity contribution in [2.24, 2.45) is 0 Å². The molecule has 1 rings (SSSR count). The minimum atomic E-state index is -0.397. The highest BCUT2D eigenvalue weighted by Gasteiger charge is 2.04. The summed E-state index contributed by atoms with van der Waals surface area (Å²) in [5.74, 6) is 0.0692. The number of rotatable bonds is 11. The molecule has 5 nitrogen and oxygen atoms in total. The highest BCUT2D eigenvalue weighted by atomic mass is 19.1. The maximum atomic E-state index is 12.9. The van der Waals surface area contributed by atoms with Gasteiger partial charge in [0.1, 0.15) is 18.2 Å². The normalized spacial score (nSPS) is 10.8. The van der Waals surface area contributed by atoms with Crippen LogP contribution in [0.3, 0.4) is 0 Å². The van der Waals surface area contributed by atoms with Crippen LogP contribution in [0.1, 0.15) is 5.56 Å². The molecule has 0 amide bonds. The smallest absolute Gasteiger partial charge is 0.125 e. The van der Waals surface area contributed by atoms with Crippen LogP contribution in [0.4, 0.5) is 4.39 Å². The van der Waals surface area contributed by atoms with Crippen molar-refractivity contribution in [1.82, 2.24) is 0 Å². The lowest BCUT2D eigenvalue weighted by molar-refractivity contribution is 0.0178. The molecule has 0 spiro atoms. The first-order valence-electron chi connectivity index (χ1n) is 6.44. The van der Waals surface area contributed by atoms with Gasteiger partial charge in [0.25, 0.3) is 0 Å². The fraction of sp³-hybridized carbons (Fsp3) is 0.571. The summed E-state index contributed by atoms with van der Waals surface area (Å²) < 4.78 is 33.7. The molecule has 0 heterocycles. The van der Waals surface area contributed by atoms with Gasteiger partial charge in [-0.05, 0) is 18.2 Å². The summed E-state index contributed by atoms with van der Waals surface area (Å²) in [4.78, 5) is 0. The topological polar surface area (TPSA) is 57.2 Å². The Morgan fingerprint density at radius 2 is 1.65 bits per heavy atom. The summed E-state index contributed by atoms with van der Waals surface area (Å²) in [7, 11) is 1.62. The Kier molecular flexibility index (Phi) is 8.90. The minimum absolute atomic E-state index is 0.263. The molecule has 0 aliphatic heterocycles. The summed E-state index contributed by atoms with van der Waals surface area (Å²) in [5, 5.41) is 9.08. The lowest BCUT2D eigenvalue weighted by Crippen LogP contribution is -2.12. The molecule has 0 saturated heterocycles. The fourth-order valence-corrected chi connectivity index (χ4v) is 1.49. The second-order valence-corrected chi connectivity index (χ2v) is 3.98. The van der Waals surface area contributed by atoms with Crippen molar-refractivity contribution in [2.75, 3.05) is 46.8 Å². The van der Waals surface area contributed by atoms with Crippen LogP contribution in [0.5, 0.6) is 5.75 Å². The summed E-state index contributed by atoms with van der Waals surface area (Å²) in [6.45, 7) is 2.56. The second-order valence-electron chi connectivity index (χ2n) is 3.98. The molecule has 6 heteroatoms. The van der Waals surface area contributed by atoms with Gasteiger partial charge in [0.2, 0.25) is 0 Å². The number of aliphatic hydroxyl groups excluding tert-OH is 1. The molecule has 0 saturated carbocycles. The van der Waals surface area contributed by atoms with Crippen molar-refractivity contribution in [3.05, 3.63) is 29.6 Å². The molecule has 0 aliphatic rings. The second kappa shape index (κ2) is 10.6. The molecule has 20 heavy (non-hydrogen) atoms. The van der Waals surface area contributed by atoms with Gasteiger partial charge in [-0.1, -0.05) is 0 Å². The Bertz CT molecular complexity index is 373. The molecule has 0 fully saturated rings. The van der Waals surface area contributed by atoms with Gasteiger partial charge >= 0.3 is 0 Å². The van der Waals surface area contributed by atoms with Crippen molar-refractivity contribution in [3.8, 4) is 5.75 Å². The van der Waals surface area contributed by atoms with Crippen LogP contribution in [0.2, 0.25) is 0 Å². The zero-order valence-electron chi connectivity index (χ0n) is 11.6. The third-order valence-electron chi connectivity index (χ3n) is 2.48. The van der Waals surface area contributed by atoms with E-state index in [0.717, 1.165) is 0 Å². The number of hydrogen-bond donors (Lipinski definition) is 1. The molecular formula is C14H21FO5. The van der Waals surface area contributed by atoms with Crippen LogP contribution in [0, 0.1) is 5.82 Å². The first-order valence-corrected chi connectivity index (χ1v) is 6.44. The first-order chi connectivity index (χ1) is 9.77. The Hall–Kier alpha value is -1.21. The van der Waals surface area contributed by atoms with E-state index < -0.39 is 5.82 Å². The molecule has 0 radical (unpaired) electrons. The number of aliphatic hydroxyl groups is 1. The largest absolute Gasteiger partial charge is 0.491 e. The molecular weight excluding hydrogens is 267 g/mol. The van der Waals surface area contributed by atoms with Gasteiger partial charge < -0.3 is 24.1 Å². The molecule has 114 valence electrons. The molecule has 0 aliphatic carbocycles. The van der Waals surface area contributed by atoms with Gasteiger partial charge in [0.15, 0.2) is 0 Å². The van der Waals surface area contributed by atoms with E-state index >= 15 is 0 Å². The minimum Gasteiger partial charge on any atom is -0.491 e. The first kappa shape index (κ1) is 16.8. The average molecular weight is 288 g/mol. The summed E-state index contributed by atoms with van der Waals surface area (Å²) >= 11 is 0. The van der Waals surface area contributed by atoms with E-state index in [1.807, 2.05) is 0 Å². The number of halogens is 1. The SMILES string of the molecule is COCCOCCOCCOc1ccc(F)cc1CO.